The Kier molecular flexibility index (Phi) is 6.95. The van der Waals surface area contributed by atoms with E-state index in [-0.39, 0.29) is 0 Å². The Hall–Kier alpha value is -0.570. The topological polar surface area (TPSA) is 4.93 Å². The minimum absolute atomic E-state index is 0.925. The number of nitrogens with zero attached hydrogens (tertiary/aromatic N) is 1. The molecule has 32 heavy (non-hydrogen) atoms. The molecule has 0 atom stereocenters. The van der Waals surface area contributed by atoms with E-state index in [1.807, 2.05) is 0 Å². The molecule has 0 radical (unpaired) electrons. The van der Waals surface area contributed by atoms with Crippen molar-refractivity contribution in [2.45, 2.75) is 25.7 Å². The quantitative estimate of drug-likeness (QED) is 0.191. The lowest BCUT2D eigenvalue weighted by molar-refractivity contribution is 0.666. The van der Waals surface area contributed by atoms with Gasteiger partial charge in [-0.3, -0.25) is 4.57 Å². The first-order valence-electron chi connectivity index (χ1n) is 10.2. The molecule has 1 aromatic heterocycles. The van der Waals surface area contributed by atoms with Crippen molar-refractivity contribution in [1.82, 2.24) is 4.57 Å². The minimum Gasteiger partial charge on any atom is -0.294 e. The van der Waals surface area contributed by atoms with E-state index in [1.165, 1.54) is 34.5 Å². The molecule has 0 saturated heterocycles. The molecule has 1 aliphatic carbocycles. The van der Waals surface area contributed by atoms with Gasteiger partial charge < -0.3 is 0 Å². The van der Waals surface area contributed by atoms with Crippen molar-refractivity contribution < 1.29 is 0 Å². The minimum atomic E-state index is 0.925. The first-order valence-corrected chi connectivity index (χ1v) is 14.6. The Morgan fingerprint density at radius 2 is 1.22 bits per heavy atom. The molecule has 0 N–H and O–H groups in total. The highest BCUT2D eigenvalue weighted by molar-refractivity contribution is 9.11. The molecule has 162 valence electrons. The molecule has 5 rings (SSSR count). The molecule has 0 aliphatic heterocycles. The summed E-state index contributed by atoms with van der Waals surface area (Å²) < 4.78 is 7.44. The van der Waals surface area contributed by atoms with Crippen molar-refractivity contribution in [2.24, 2.45) is 0 Å². The molecule has 1 aliphatic rings. The molecular formula is C25H17Br4NS2. The number of para-hydroxylation sites is 1. The summed E-state index contributed by atoms with van der Waals surface area (Å²) >= 11 is 22.4. The molecule has 3 aromatic carbocycles. The van der Waals surface area contributed by atoms with Gasteiger partial charge in [0.25, 0.3) is 0 Å². The molecule has 0 saturated carbocycles. The van der Waals surface area contributed by atoms with E-state index in [0.29, 0.717) is 0 Å². The normalized spacial score (nSPS) is 13.2. The van der Waals surface area contributed by atoms with Crippen LogP contribution < -0.4 is 0 Å². The molecule has 0 spiro atoms. The van der Waals surface area contributed by atoms with Crippen LogP contribution in [0.15, 0.2) is 72.5 Å². The molecule has 4 aromatic rings. The van der Waals surface area contributed by atoms with Crippen LogP contribution in [0.4, 0.5) is 0 Å². The molecule has 0 unspecified atom stereocenters. The van der Waals surface area contributed by atoms with Crippen LogP contribution in [0.5, 0.6) is 0 Å². The molecular weight excluding hydrogens is 698 g/mol. The van der Waals surface area contributed by atoms with Crippen LogP contribution in [0.2, 0.25) is 0 Å². The lowest BCUT2D eigenvalue weighted by Gasteiger charge is -2.21. The molecule has 1 nitrogen and oxygen atoms in total. The fraction of sp³-hybridized carbons (Fsp3) is 0.160. The third kappa shape index (κ3) is 4.53. The predicted octanol–water partition coefficient (Wildman–Crippen LogP) is 10.5. The summed E-state index contributed by atoms with van der Waals surface area (Å²) in [5.74, 6) is 0. The van der Waals surface area contributed by atoms with Gasteiger partial charge in [0.15, 0.2) is 3.95 Å². The van der Waals surface area contributed by atoms with Crippen LogP contribution in [0.3, 0.4) is 0 Å². The predicted molar refractivity (Wildman–Crippen MR) is 153 cm³/mol. The van der Waals surface area contributed by atoms with E-state index in [1.54, 1.807) is 11.3 Å². The number of hydrogen-bond donors (Lipinski definition) is 0. The monoisotopic (exact) mass is 711 g/mol. The first kappa shape index (κ1) is 23.2. The van der Waals surface area contributed by atoms with E-state index in [9.17, 15) is 0 Å². The second-order valence-electron chi connectivity index (χ2n) is 7.80. The van der Waals surface area contributed by atoms with Crippen LogP contribution in [-0.4, -0.2) is 4.57 Å². The average molecular weight is 715 g/mol. The summed E-state index contributed by atoms with van der Waals surface area (Å²) in [6.45, 7) is 0. The number of benzene rings is 3. The van der Waals surface area contributed by atoms with E-state index in [4.69, 9.17) is 12.2 Å². The Labute approximate surface area is 230 Å². The number of hydrogen-bond acceptors (Lipinski definition) is 2. The lowest BCUT2D eigenvalue weighted by Crippen LogP contribution is -2.09. The van der Waals surface area contributed by atoms with Gasteiger partial charge in [-0.25, -0.2) is 0 Å². The maximum Gasteiger partial charge on any atom is 0.166 e. The van der Waals surface area contributed by atoms with E-state index >= 15 is 0 Å². The van der Waals surface area contributed by atoms with Gasteiger partial charge in [-0.2, -0.15) is 0 Å². The smallest absolute Gasteiger partial charge is 0.166 e. The zero-order chi connectivity index (χ0) is 22.4. The molecule has 0 bridgehead atoms. The summed E-state index contributed by atoms with van der Waals surface area (Å²) in [6, 6.07) is 19.4. The van der Waals surface area contributed by atoms with Crippen LogP contribution in [0, 0.1) is 3.95 Å². The van der Waals surface area contributed by atoms with Gasteiger partial charge in [-0.05, 0) is 85.4 Å². The molecule has 7 heteroatoms. The molecule has 0 amide bonds. The number of rotatable bonds is 3. The van der Waals surface area contributed by atoms with Crippen LogP contribution in [-0.2, 0) is 12.8 Å². The number of thiazole rings is 1. The number of fused-ring (bicyclic) bond motifs is 1. The molecule has 1 heterocycles. The summed E-state index contributed by atoms with van der Waals surface area (Å²) in [7, 11) is 0. The Morgan fingerprint density at radius 1 is 0.719 bits per heavy atom. The van der Waals surface area contributed by atoms with Crippen molar-refractivity contribution in [1.29, 1.82) is 0 Å². The van der Waals surface area contributed by atoms with E-state index in [2.05, 4.69) is 123 Å². The van der Waals surface area contributed by atoms with Crippen molar-refractivity contribution in [3.8, 4) is 27.9 Å². The SMILES string of the molecule is S=c1sc2c(n1-c1c(-c3cc(Br)cc(Br)c3)cccc1-c1cc(Br)cc(Br)c1)CCCC2. The third-order valence-electron chi connectivity index (χ3n) is 5.66. The van der Waals surface area contributed by atoms with Gasteiger partial charge in [0.1, 0.15) is 0 Å². The fourth-order valence-corrected chi connectivity index (χ4v) is 8.52. The lowest BCUT2D eigenvalue weighted by atomic mass is 9.94. The number of aromatic nitrogens is 1. The third-order valence-corrected chi connectivity index (χ3v) is 8.97. The van der Waals surface area contributed by atoms with Crippen molar-refractivity contribution >= 4 is 87.3 Å². The van der Waals surface area contributed by atoms with Gasteiger partial charge in [0.05, 0.1) is 5.69 Å². The standard InChI is InChI=1S/C25H17Br4NS2/c26-16-8-14(9-17(27)12-16)20-4-3-5-21(15-10-18(28)13-19(29)11-15)24(20)30-22-6-1-2-7-23(22)32-25(30)31/h3-5,8-13H,1-2,6-7H2. The Bertz CT molecular complexity index is 1290. The maximum absolute atomic E-state index is 5.97. The average Bonchev–Trinajstić information content (AvgIpc) is 3.07. The highest BCUT2D eigenvalue weighted by atomic mass is 79.9. The van der Waals surface area contributed by atoms with E-state index in [0.717, 1.165) is 51.5 Å². The van der Waals surface area contributed by atoms with Crippen LogP contribution >= 0.6 is 87.3 Å². The number of halogens is 4. The summed E-state index contributed by atoms with van der Waals surface area (Å²) in [4.78, 5) is 1.44. The van der Waals surface area contributed by atoms with Crippen molar-refractivity contribution in [3.05, 3.63) is 87.0 Å². The first-order chi connectivity index (χ1) is 15.4. The Balaban J connectivity index is 1.88. The zero-order valence-corrected chi connectivity index (χ0v) is 24.8. The largest absolute Gasteiger partial charge is 0.294 e. The van der Waals surface area contributed by atoms with Gasteiger partial charge in [0.2, 0.25) is 0 Å². The second kappa shape index (κ2) is 9.59. The van der Waals surface area contributed by atoms with Gasteiger partial charge in [-0.15, -0.1) is 11.3 Å². The fourth-order valence-electron chi connectivity index (χ4n) is 4.36. The van der Waals surface area contributed by atoms with E-state index < -0.39 is 0 Å². The summed E-state index contributed by atoms with van der Waals surface area (Å²) in [5, 5.41) is 0. The van der Waals surface area contributed by atoms with Crippen LogP contribution in [0.25, 0.3) is 27.9 Å². The Morgan fingerprint density at radius 3 is 1.75 bits per heavy atom. The summed E-state index contributed by atoms with van der Waals surface area (Å²) in [6.07, 6.45) is 4.65. The van der Waals surface area contributed by atoms with Gasteiger partial charge in [0, 0.05) is 39.6 Å². The summed E-state index contributed by atoms with van der Waals surface area (Å²) in [5.41, 5.74) is 7.17. The van der Waals surface area contributed by atoms with Crippen molar-refractivity contribution in [2.75, 3.05) is 0 Å². The number of aryl methyl sites for hydroxylation is 1. The highest BCUT2D eigenvalue weighted by Crippen LogP contribution is 2.42. The van der Waals surface area contributed by atoms with Crippen molar-refractivity contribution in [3.63, 3.8) is 0 Å². The van der Waals surface area contributed by atoms with Gasteiger partial charge >= 0.3 is 0 Å². The zero-order valence-electron chi connectivity index (χ0n) is 16.8. The van der Waals surface area contributed by atoms with Gasteiger partial charge in [-0.1, -0.05) is 81.9 Å². The van der Waals surface area contributed by atoms with Crippen LogP contribution in [0.1, 0.15) is 23.4 Å². The second-order valence-corrected chi connectivity index (χ2v) is 13.2. The highest BCUT2D eigenvalue weighted by Gasteiger charge is 2.23. The molecule has 0 fully saturated rings. The maximum atomic E-state index is 5.97.